The molecule has 1 saturated heterocycles. The van der Waals surface area contributed by atoms with Gasteiger partial charge in [-0.25, -0.2) is 0 Å². The molecule has 0 N–H and O–H groups in total. The predicted octanol–water partition coefficient (Wildman–Crippen LogP) is 2.44. The zero-order valence-electron chi connectivity index (χ0n) is 11.6. The molecule has 1 aliphatic rings. The number of halogens is 3. The summed E-state index contributed by atoms with van der Waals surface area (Å²) in [6, 6.07) is -0.835. The third kappa shape index (κ3) is 4.53. The third-order valence-corrected chi connectivity index (χ3v) is 3.36. The normalized spacial score (nSPS) is 22.4. The summed E-state index contributed by atoms with van der Waals surface area (Å²) in [5.41, 5.74) is -0.201. The van der Waals surface area contributed by atoms with Crippen LogP contribution in [0.1, 0.15) is 27.2 Å². The Morgan fingerprint density at radius 2 is 1.89 bits per heavy atom. The molecule has 0 spiro atoms. The van der Waals surface area contributed by atoms with E-state index in [0.717, 1.165) is 6.08 Å². The maximum Gasteiger partial charge on any atom is 0.391 e. The molecule has 0 aromatic carbocycles. The van der Waals surface area contributed by atoms with E-state index in [1.54, 1.807) is 0 Å². The smallest absolute Gasteiger partial charge is 0.333 e. The summed E-state index contributed by atoms with van der Waals surface area (Å²) in [6.45, 7) is 10.4. The lowest BCUT2D eigenvalue weighted by molar-refractivity contribution is -0.160. The van der Waals surface area contributed by atoms with Gasteiger partial charge in [-0.2, -0.15) is 13.2 Å². The second-order valence-corrected chi connectivity index (χ2v) is 5.83. The van der Waals surface area contributed by atoms with E-state index in [2.05, 4.69) is 6.58 Å². The Hall–Kier alpha value is -1.04. The number of hydrogen-bond donors (Lipinski definition) is 0. The maximum absolute atomic E-state index is 12.6. The van der Waals surface area contributed by atoms with Gasteiger partial charge in [0.1, 0.15) is 0 Å². The third-order valence-electron chi connectivity index (χ3n) is 3.36. The lowest BCUT2D eigenvalue weighted by Gasteiger charge is -2.46. The van der Waals surface area contributed by atoms with E-state index in [-0.39, 0.29) is 12.1 Å². The molecule has 6 heteroatoms. The zero-order chi connectivity index (χ0) is 14.8. The molecule has 110 valence electrons. The van der Waals surface area contributed by atoms with Crippen molar-refractivity contribution in [2.45, 2.75) is 44.9 Å². The molecule has 0 radical (unpaired) electrons. The molecule has 0 bridgehead atoms. The molecule has 0 aromatic rings. The highest BCUT2D eigenvalue weighted by atomic mass is 19.4. The van der Waals surface area contributed by atoms with Crippen molar-refractivity contribution in [3.8, 4) is 0 Å². The van der Waals surface area contributed by atoms with Crippen molar-refractivity contribution < 1.29 is 18.0 Å². The lowest BCUT2D eigenvalue weighted by atomic mass is 10.00. The van der Waals surface area contributed by atoms with Crippen molar-refractivity contribution in [1.82, 2.24) is 9.80 Å². The molecular formula is C13H21F3N2O. The standard InChI is InChI=1S/C13H21F3N2O/c1-5-11(19)18-7-6-17(12(2,3)4)9-10(18)8-13(14,15)16/h5,10H,1,6-9H2,2-4H3/t10-/m0/s1. The van der Waals surface area contributed by atoms with E-state index in [9.17, 15) is 18.0 Å². The van der Waals surface area contributed by atoms with Crippen LogP contribution in [0.25, 0.3) is 0 Å². The first-order chi connectivity index (χ1) is 8.54. The fourth-order valence-electron chi connectivity index (χ4n) is 2.31. The van der Waals surface area contributed by atoms with Crippen LogP contribution >= 0.6 is 0 Å². The van der Waals surface area contributed by atoms with Gasteiger partial charge in [0.25, 0.3) is 0 Å². The van der Waals surface area contributed by atoms with Crippen molar-refractivity contribution in [1.29, 1.82) is 0 Å². The topological polar surface area (TPSA) is 23.6 Å². The van der Waals surface area contributed by atoms with Gasteiger partial charge >= 0.3 is 6.18 Å². The first kappa shape index (κ1) is 16.0. The molecular weight excluding hydrogens is 257 g/mol. The van der Waals surface area contributed by atoms with Crippen molar-refractivity contribution in [3.05, 3.63) is 12.7 Å². The van der Waals surface area contributed by atoms with Gasteiger partial charge in [-0.3, -0.25) is 9.69 Å². The highest BCUT2D eigenvalue weighted by molar-refractivity contribution is 5.87. The zero-order valence-corrected chi connectivity index (χ0v) is 11.6. The van der Waals surface area contributed by atoms with Crippen LogP contribution in [0.4, 0.5) is 13.2 Å². The molecule has 1 aliphatic heterocycles. The average Bonchev–Trinajstić information content (AvgIpc) is 2.24. The Balaban J connectivity index is 2.86. The molecule has 1 heterocycles. The van der Waals surface area contributed by atoms with Crippen molar-refractivity contribution in [3.63, 3.8) is 0 Å². The summed E-state index contributed by atoms with van der Waals surface area (Å²) in [5.74, 6) is -0.428. The summed E-state index contributed by atoms with van der Waals surface area (Å²) in [7, 11) is 0. The Morgan fingerprint density at radius 3 is 2.32 bits per heavy atom. The Bertz CT molecular complexity index is 347. The van der Waals surface area contributed by atoms with Crippen molar-refractivity contribution in [2.24, 2.45) is 0 Å². The van der Waals surface area contributed by atoms with Crippen LogP contribution in [0.5, 0.6) is 0 Å². The minimum absolute atomic E-state index is 0.201. The maximum atomic E-state index is 12.6. The number of nitrogens with zero attached hydrogens (tertiary/aromatic N) is 2. The molecule has 0 unspecified atom stereocenters. The number of amides is 1. The van der Waals surface area contributed by atoms with Crippen LogP contribution in [0.15, 0.2) is 12.7 Å². The molecule has 1 fully saturated rings. The van der Waals surface area contributed by atoms with Gasteiger partial charge < -0.3 is 4.90 Å². The Morgan fingerprint density at radius 1 is 1.32 bits per heavy atom. The van der Waals surface area contributed by atoms with Crippen LogP contribution in [-0.4, -0.2) is 53.1 Å². The summed E-state index contributed by atoms with van der Waals surface area (Å²) >= 11 is 0. The summed E-state index contributed by atoms with van der Waals surface area (Å²) in [5, 5.41) is 0. The van der Waals surface area contributed by atoms with Crippen molar-refractivity contribution in [2.75, 3.05) is 19.6 Å². The number of carbonyl (C=O) groups is 1. The molecule has 1 amide bonds. The first-order valence-electron chi connectivity index (χ1n) is 6.29. The van der Waals surface area contributed by atoms with Gasteiger partial charge in [0, 0.05) is 25.2 Å². The van der Waals surface area contributed by atoms with E-state index >= 15 is 0 Å². The number of alkyl halides is 3. The second-order valence-electron chi connectivity index (χ2n) is 5.83. The molecule has 0 aliphatic carbocycles. The fraction of sp³-hybridized carbons (Fsp3) is 0.769. The fourth-order valence-corrected chi connectivity index (χ4v) is 2.31. The Kier molecular flexibility index (Phi) is 4.66. The van der Waals surface area contributed by atoms with Crippen LogP contribution in [0.3, 0.4) is 0 Å². The van der Waals surface area contributed by atoms with E-state index in [0.29, 0.717) is 13.1 Å². The molecule has 3 nitrogen and oxygen atoms in total. The van der Waals surface area contributed by atoms with E-state index in [4.69, 9.17) is 0 Å². The first-order valence-corrected chi connectivity index (χ1v) is 6.29. The summed E-state index contributed by atoms with van der Waals surface area (Å²) < 4.78 is 37.9. The molecule has 0 saturated carbocycles. The van der Waals surface area contributed by atoms with E-state index < -0.39 is 24.5 Å². The van der Waals surface area contributed by atoms with Gasteiger partial charge in [-0.15, -0.1) is 0 Å². The van der Waals surface area contributed by atoms with Gasteiger partial charge in [0.15, 0.2) is 0 Å². The molecule has 0 aromatic heterocycles. The summed E-state index contributed by atoms with van der Waals surface area (Å²) in [4.78, 5) is 14.9. The SMILES string of the molecule is C=CC(=O)N1CCN(C(C)(C)C)C[C@@H]1CC(F)(F)F. The second kappa shape index (κ2) is 5.53. The quantitative estimate of drug-likeness (QED) is 0.724. The van der Waals surface area contributed by atoms with E-state index in [1.807, 2.05) is 25.7 Å². The van der Waals surface area contributed by atoms with Gasteiger partial charge in [0.2, 0.25) is 5.91 Å². The number of hydrogen-bond acceptors (Lipinski definition) is 2. The number of piperazine rings is 1. The number of rotatable bonds is 2. The predicted molar refractivity (Wildman–Crippen MR) is 67.7 cm³/mol. The van der Waals surface area contributed by atoms with Crippen LogP contribution < -0.4 is 0 Å². The highest BCUT2D eigenvalue weighted by Gasteiger charge is 2.40. The lowest BCUT2D eigenvalue weighted by Crippen LogP contribution is -2.60. The monoisotopic (exact) mass is 278 g/mol. The van der Waals surface area contributed by atoms with Gasteiger partial charge in [-0.05, 0) is 26.8 Å². The minimum atomic E-state index is -4.27. The van der Waals surface area contributed by atoms with Crippen LogP contribution in [-0.2, 0) is 4.79 Å². The molecule has 1 rings (SSSR count). The largest absolute Gasteiger partial charge is 0.391 e. The van der Waals surface area contributed by atoms with Gasteiger partial charge in [0.05, 0.1) is 12.5 Å². The molecule has 19 heavy (non-hydrogen) atoms. The molecule has 1 atom stereocenters. The van der Waals surface area contributed by atoms with E-state index in [1.165, 1.54) is 4.90 Å². The highest BCUT2D eigenvalue weighted by Crippen LogP contribution is 2.28. The van der Waals surface area contributed by atoms with Crippen LogP contribution in [0, 0.1) is 0 Å². The Labute approximate surface area is 112 Å². The van der Waals surface area contributed by atoms with Crippen molar-refractivity contribution >= 4 is 5.91 Å². The number of carbonyl (C=O) groups excluding carboxylic acids is 1. The van der Waals surface area contributed by atoms with Gasteiger partial charge in [-0.1, -0.05) is 6.58 Å². The van der Waals surface area contributed by atoms with Crippen LogP contribution in [0.2, 0.25) is 0 Å². The summed E-state index contributed by atoms with van der Waals surface area (Å²) in [6.07, 6.45) is -4.17. The average molecular weight is 278 g/mol. The minimum Gasteiger partial charge on any atom is -0.333 e.